The van der Waals surface area contributed by atoms with Gasteiger partial charge in [0.1, 0.15) is 0 Å². The van der Waals surface area contributed by atoms with Crippen LogP contribution in [0.3, 0.4) is 0 Å². The highest BCUT2D eigenvalue weighted by Crippen LogP contribution is 2.59. The molecule has 0 aromatic carbocycles. The van der Waals surface area contributed by atoms with Crippen molar-refractivity contribution in [2.45, 2.75) is 88.4 Å². The summed E-state index contributed by atoms with van der Waals surface area (Å²) in [6.07, 6.45) is 6.79. The first-order valence-electron chi connectivity index (χ1n) is 13.8. The number of aliphatic imine (C=N–C) groups is 1. The number of piperazine rings is 1. The molecule has 1 saturated carbocycles. The average Bonchev–Trinajstić information content (AvgIpc) is 3.52. The molecule has 0 aromatic heterocycles. The molecule has 4 aliphatic heterocycles. The van der Waals surface area contributed by atoms with Gasteiger partial charge in [-0.3, -0.25) is 19.5 Å². The molecule has 0 spiro atoms. The number of rotatable bonds is 6. The maximum Gasteiger partial charge on any atom is 0.228 e. The number of carbonyl (C=O) groups is 2. The Morgan fingerprint density at radius 3 is 2.97 bits per heavy atom. The molecule has 0 bridgehead atoms. The minimum atomic E-state index is -1.24. The van der Waals surface area contributed by atoms with Crippen molar-refractivity contribution in [3.8, 4) is 0 Å². The van der Waals surface area contributed by atoms with Gasteiger partial charge in [0.2, 0.25) is 11.8 Å². The number of fused-ring (bicyclic) bond motifs is 2. The third kappa shape index (κ3) is 5.10. The molecule has 1 aliphatic carbocycles. The summed E-state index contributed by atoms with van der Waals surface area (Å²) in [5.74, 6) is -0.660. The molecule has 4 heterocycles. The Morgan fingerprint density at radius 2 is 2.19 bits per heavy atom. The lowest BCUT2D eigenvalue weighted by atomic mass is 9.84. The van der Waals surface area contributed by atoms with Crippen LogP contribution in [0.5, 0.6) is 0 Å². The number of hydrogen-bond acceptors (Lipinski definition) is 7. The molecule has 10 heteroatoms. The monoisotopic (exact) mass is 503 g/mol. The fourth-order valence-electron chi connectivity index (χ4n) is 7.06. The van der Waals surface area contributed by atoms with Gasteiger partial charge in [0.05, 0.1) is 24.2 Å². The fourth-order valence-corrected chi connectivity index (χ4v) is 7.06. The molecule has 5 rings (SSSR count). The summed E-state index contributed by atoms with van der Waals surface area (Å²) < 4.78 is 14.4. The molecule has 200 valence electrons. The summed E-state index contributed by atoms with van der Waals surface area (Å²) in [4.78, 5) is 35.0. The van der Waals surface area contributed by atoms with Gasteiger partial charge in [0.15, 0.2) is 6.17 Å². The van der Waals surface area contributed by atoms with Crippen LogP contribution in [0.15, 0.2) is 16.6 Å². The van der Waals surface area contributed by atoms with Crippen LogP contribution in [0.25, 0.3) is 0 Å². The van der Waals surface area contributed by atoms with Crippen molar-refractivity contribution in [2.75, 3.05) is 32.7 Å². The number of halogens is 1. The minimum Gasteiger partial charge on any atom is -0.350 e. The summed E-state index contributed by atoms with van der Waals surface area (Å²) in [7, 11) is 0. The van der Waals surface area contributed by atoms with Crippen molar-refractivity contribution in [3.05, 3.63) is 11.6 Å². The molecule has 2 amide bonds. The number of carbonyl (C=O) groups excluding carboxylic acids is 2. The van der Waals surface area contributed by atoms with Crippen LogP contribution in [0.2, 0.25) is 0 Å². The molecule has 7 unspecified atom stereocenters. The number of alkyl halides is 1. The van der Waals surface area contributed by atoms with Crippen LogP contribution in [-0.2, 0) is 9.59 Å². The van der Waals surface area contributed by atoms with E-state index in [2.05, 4.69) is 27.4 Å². The topological polar surface area (TPSA) is 129 Å². The van der Waals surface area contributed by atoms with E-state index in [1.807, 2.05) is 4.90 Å². The molecule has 0 radical (unpaired) electrons. The second kappa shape index (κ2) is 10.5. The molecular weight excluding hydrogens is 461 g/mol. The second-order valence-corrected chi connectivity index (χ2v) is 11.4. The Bertz CT molecular complexity index is 911. The number of nitrogens with one attached hydrogen (secondary N) is 2. The Balaban J connectivity index is 1.29. The van der Waals surface area contributed by atoms with Crippen LogP contribution in [0.1, 0.15) is 51.9 Å². The van der Waals surface area contributed by atoms with Crippen molar-refractivity contribution in [1.29, 1.82) is 0 Å². The zero-order valence-electron chi connectivity index (χ0n) is 21.4. The quantitative estimate of drug-likeness (QED) is 0.305. The van der Waals surface area contributed by atoms with Crippen molar-refractivity contribution < 1.29 is 14.0 Å². The number of allylic oxidation sites excluding steroid dienone is 2. The van der Waals surface area contributed by atoms with Crippen molar-refractivity contribution in [3.63, 3.8) is 0 Å². The number of nitrogens with zero attached hydrogens (tertiary/aromatic N) is 3. The smallest absolute Gasteiger partial charge is 0.228 e. The molecule has 36 heavy (non-hydrogen) atoms. The third-order valence-corrected chi connectivity index (χ3v) is 9.28. The van der Waals surface area contributed by atoms with Crippen LogP contribution < -0.4 is 22.1 Å². The van der Waals surface area contributed by atoms with E-state index >= 15 is 0 Å². The zero-order chi connectivity index (χ0) is 25.4. The normalized spacial score (nSPS) is 40.2. The molecule has 0 aromatic rings. The molecule has 5 aliphatic rings. The predicted molar refractivity (Wildman–Crippen MR) is 137 cm³/mol. The Labute approximate surface area is 213 Å². The van der Waals surface area contributed by atoms with Crippen molar-refractivity contribution in [1.82, 2.24) is 20.4 Å². The summed E-state index contributed by atoms with van der Waals surface area (Å²) in [6.45, 7) is 6.07. The summed E-state index contributed by atoms with van der Waals surface area (Å²) in [6, 6.07) is -0.108. The van der Waals surface area contributed by atoms with Gasteiger partial charge in [-0.25, -0.2) is 4.39 Å². The first kappa shape index (κ1) is 25.8. The van der Waals surface area contributed by atoms with Crippen LogP contribution >= 0.6 is 0 Å². The van der Waals surface area contributed by atoms with Crippen LogP contribution in [-0.4, -0.2) is 97.1 Å². The minimum absolute atomic E-state index is 0.0910. The van der Waals surface area contributed by atoms with Gasteiger partial charge < -0.3 is 27.0 Å². The number of hydrogen-bond donors (Lipinski definition) is 4. The molecule has 7 atom stereocenters. The van der Waals surface area contributed by atoms with Gasteiger partial charge >= 0.3 is 0 Å². The fraction of sp³-hybridized carbons (Fsp3) is 0.808. The molecule has 6 N–H and O–H groups in total. The van der Waals surface area contributed by atoms with E-state index in [-0.39, 0.29) is 35.4 Å². The van der Waals surface area contributed by atoms with E-state index in [1.54, 1.807) is 6.08 Å². The van der Waals surface area contributed by atoms with Crippen molar-refractivity contribution >= 4 is 18.0 Å². The molecule has 4 fully saturated rings. The van der Waals surface area contributed by atoms with Crippen molar-refractivity contribution in [2.24, 2.45) is 27.8 Å². The van der Waals surface area contributed by atoms with Gasteiger partial charge in [0.25, 0.3) is 0 Å². The summed E-state index contributed by atoms with van der Waals surface area (Å²) in [5.41, 5.74) is 13.4. The number of amides is 2. The molecular formula is C26H42FN7O2. The maximum absolute atomic E-state index is 14.4. The number of nitrogens with two attached hydrogens (primary N) is 2. The Kier molecular flexibility index (Phi) is 7.49. The van der Waals surface area contributed by atoms with Gasteiger partial charge in [-0.15, -0.1) is 0 Å². The largest absolute Gasteiger partial charge is 0.350 e. The van der Waals surface area contributed by atoms with E-state index in [0.717, 1.165) is 63.9 Å². The third-order valence-electron chi connectivity index (χ3n) is 9.28. The first-order chi connectivity index (χ1) is 17.3. The predicted octanol–water partition coefficient (Wildman–Crippen LogP) is 0.297. The summed E-state index contributed by atoms with van der Waals surface area (Å²) >= 11 is 0. The molecule has 3 saturated heterocycles. The lowest BCUT2D eigenvalue weighted by Gasteiger charge is -2.49. The standard InChI is InChI=1S/C26H42FN7O2/c1-2-26-11-16(26)10-17(27)13-31-19(12-26)23(24(28)29)25(36)32-20-14-30-7-6-21(20)33-8-9-34-18(15-33)4-3-5-22(34)35/h10,13,17-21,23-24,30H,2-9,11-12,14-15,28-29H2,1H3,(H,32,36)/b16-10-,31-13-. The van der Waals surface area contributed by atoms with E-state index in [0.29, 0.717) is 19.4 Å². The van der Waals surface area contributed by atoms with Crippen LogP contribution in [0.4, 0.5) is 4.39 Å². The van der Waals surface area contributed by atoms with E-state index in [9.17, 15) is 14.0 Å². The Hall–Kier alpha value is -1.88. The van der Waals surface area contributed by atoms with Gasteiger partial charge in [0, 0.05) is 50.9 Å². The van der Waals surface area contributed by atoms with E-state index in [1.165, 1.54) is 6.21 Å². The van der Waals surface area contributed by atoms with E-state index < -0.39 is 24.3 Å². The summed E-state index contributed by atoms with van der Waals surface area (Å²) in [5, 5.41) is 6.68. The zero-order valence-corrected chi connectivity index (χ0v) is 21.4. The lowest BCUT2D eigenvalue weighted by Crippen LogP contribution is -2.66. The highest BCUT2D eigenvalue weighted by Gasteiger charge is 2.51. The maximum atomic E-state index is 14.4. The average molecular weight is 504 g/mol. The first-order valence-corrected chi connectivity index (χ1v) is 13.8. The van der Waals surface area contributed by atoms with Crippen LogP contribution in [0, 0.1) is 11.3 Å². The highest BCUT2D eigenvalue weighted by atomic mass is 19.1. The SMILES string of the molecule is CCC12C/C1=C/C(F)/C=N\C(C(C(=O)NC1CNCCC1N1CCN3C(=O)CCCC3C1)C(N)N)C2. The lowest BCUT2D eigenvalue weighted by molar-refractivity contribution is -0.140. The Morgan fingerprint density at radius 1 is 1.36 bits per heavy atom. The van der Waals surface area contributed by atoms with Gasteiger partial charge in [-0.2, -0.15) is 0 Å². The van der Waals surface area contributed by atoms with Gasteiger partial charge in [-0.05, 0) is 56.6 Å². The highest BCUT2D eigenvalue weighted by molar-refractivity contribution is 5.81. The number of piperidine rings is 2. The van der Waals surface area contributed by atoms with E-state index in [4.69, 9.17) is 11.5 Å². The molecule has 9 nitrogen and oxygen atoms in total. The van der Waals surface area contributed by atoms with Gasteiger partial charge in [-0.1, -0.05) is 12.5 Å². The second-order valence-electron chi connectivity index (χ2n) is 11.4.